The second-order valence-corrected chi connectivity index (χ2v) is 8.71. The summed E-state index contributed by atoms with van der Waals surface area (Å²) in [7, 11) is 0. The number of hydrogen-bond acceptors (Lipinski definition) is 3. The van der Waals surface area contributed by atoms with Gasteiger partial charge in [0.05, 0.1) is 13.2 Å². The molecule has 2 aromatic rings. The van der Waals surface area contributed by atoms with Crippen molar-refractivity contribution in [1.29, 1.82) is 0 Å². The summed E-state index contributed by atoms with van der Waals surface area (Å²) in [6.07, 6.45) is 5.56. The summed E-state index contributed by atoms with van der Waals surface area (Å²) in [6, 6.07) is 18.8. The molecule has 0 saturated heterocycles. The molecule has 2 bridgehead atoms. The molecule has 2 aliphatic rings. The molecule has 29 heavy (non-hydrogen) atoms. The molecule has 2 atom stereocenters. The Bertz CT molecular complexity index is 793. The smallest absolute Gasteiger partial charge is 0.223 e. The predicted molar refractivity (Wildman–Crippen MR) is 115 cm³/mol. The van der Waals surface area contributed by atoms with E-state index in [1.54, 1.807) is 0 Å². The van der Waals surface area contributed by atoms with Crippen LogP contribution in [0.2, 0.25) is 0 Å². The summed E-state index contributed by atoms with van der Waals surface area (Å²) in [5.41, 5.74) is 9.78. The van der Waals surface area contributed by atoms with Gasteiger partial charge in [0.15, 0.2) is 0 Å². The van der Waals surface area contributed by atoms with Gasteiger partial charge >= 0.3 is 0 Å². The molecule has 2 aromatic carbocycles. The zero-order chi connectivity index (χ0) is 20.1. The largest absolute Gasteiger partial charge is 0.372 e. The molecule has 4 heteroatoms. The van der Waals surface area contributed by atoms with Gasteiger partial charge in [-0.15, -0.1) is 0 Å². The number of carbonyl (C=O) groups excluding carboxylic acids is 1. The minimum absolute atomic E-state index is 0.127. The Morgan fingerprint density at radius 2 is 1.59 bits per heavy atom. The van der Waals surface area contributed by atoms with E-state index in [2.05, 4.69) is 35.6 Å². The molecule has 0 aromatic heterocycles. The second-order valence-electron chi connectivity index (χ2n) is 8.71. The number of fused-ring (bicyclic) bond motifs is 2. The van der Waals surface area contributed by atoms with Crippen LogP contribution in [0.15, 0.2) is 54.6 Å². The van der Waals surface area contributed by atoms with E-state index in [4.69, 9.17) is 10.5 Å². The van der Waals surface area contributed by atoms with Crippen LogP contribution in [-0.2, 0) is 29.3 Å². The summed E-state index contributed by atoms with van der Waals surface area (Å²) in [6.45, 7) is 1.75. The monoisotopic (exact) mass is 392 g/mol. The van der Waals surface area contributed by atoms with Gasteiger partial charge in [-0.3, -0.25) is 4.79 Å². The summed E-state index contributed by atoms with van der Waals surface area (Å²) >= 11 is 0. The first-order chi connectivity index (χ1) is 14.2. The van der Waals surface area contributed by atoms with Crippen molar-refractivity contribution in [2.45, 2.75) is 57.9 Å². The highest BCUT2D eigenvalue weighted by atomic mass is 16.5. The van der Waals surface area contributed by atoms with Crippen LogP contribution in [0.1, 0.15) is 48.8 Å². The standard InChI is InChI=1S/C25H32N2O2/c26-24-21-10-5-11-22(24)14-23(13-21)25(28)27-15-19-8-4-9-20(12-19)17-29-16-18-6-2-1-3-7-18/h1-4,6-9,12,21-24H,5,10-11,13-17,26H2,(H,27,28). The minimum atomic E-state index is 0.127. The quantitative estimate of drug-likeness (QED) is 0.743. The number of rotatable bonds is 7. The predicted octanol–water partition coefficient (Wildman–Crippen LogP) is 4.17. The molecule has 4 rings (SSSR count). The van der Waals surface area contributed by atoms with E-state index in [0.717, 1.165) is 24.0 Å². The van der Waals surface area contributed by atoms with E-state index < -0.39 is 0 Å². The number of nitrogens with two attached hydrogens (primary N) is 1. The molecule has 2 saturated carbocycles. The average molecular weight is 393 g/mol. The topological polar surface area (TPSA) is 64.4 Å². The number of hydrogen-bond donors (Lipinski definition) is 2. The lowest BCUT2D eigenvalue weighted by atomic mass is 9.65. The first-order valence-electron chi connectivity index (χ1n) is 10.9. The molecule has 0 aliphatic heterocycles. The van der Waals surface area contributed by atoms with Crippen LogP contribution in [0.3, 0.4) is 0 Å². The molecule has 2 unspecified atom stereocenters. The molecule has 154 valence electrons. The van der Waals surface area contributed by atoms with Crippen LogP contribution in [0, 0.1) is 17.8 Å². The third-order valence-electron chi connectivity index (χ3n) is 6.62. The Labute approximate surface area is 173 Å². The van der Waals surface area contributed by atoms with Gasteiger partial charge in [-0.2, -0.15) is 0 Å². The number of nitrogens with one attached hydrogen (secondary N) is 1. The van der Waals surface area contributed by atoms with Crippen molar-refractivity contribution in [1.82, 2.24) is 5.32 Å². The van der Waals surface area contributed by atoms with Crippen LogP contribution < -0.4 is 11.1 Å². The van der Waals surface area contributed by atoms with E-state index >= 15 is 0 Å². The van der Waals surface area contributed by atoms with Crippen LogP contribution in [0.5, 0.6) is 0 Å². The lowest BCUT2D eigenvalue weighted by Gasteiger charge is -2.43. The SMILES string of the molecule is NC1C2CCCC1CC(C(=O)NCc1cccc(COCc3ccccc3)c1)C2. The molecule has 0 radical (unpaired) electrons. The maximum atomic E-state index is 12.7. The van der Waals surface area contributed by atoms with Crippen LogP contribution in [-0.4, -0.2) is 11.9 Å². The highest BCUT2D eigenvalue weighted by Crippen LogP contribution is 2.41. The third-order valence-corrected chi connectivity index (χ3v) is 6.62. The zero-order valence-electron chi connectivity index (χ0n) is 17.1. The lowest BCUT2D eigenvalue weighted by Crippen LogP contribution is -2.49. The van der Waals surface area contributed by atoms with Crippen molar-refractivity contribution in [3.8, 4) is 0 Å². The van der Waals surface area contributed by atoms with Crippen LogP contribution in [0.4, 0.5) is 0 Å². The number of ether oxygens (including phenoxy) is 1. The van der Waals surface area contributed by atoms with E-state index in [9.17, 15) is 4.79 Å². The number of carbonyl (C=O) groups is 1. The lowest BCUT2D eigenvalue weighted by molar-refractivity contribution is -0.128. The maximum Gasteiger partial charge on any atom is 0.223 e. The average Bonchev–Trinajstić information content (AvgIpc) is 2.73. The van der Waals surface area contributed by atoms with Crippen LogP contribution >= 0.6 is 0 Å². The maximum absolute atomic E-state index is 12.7. The second kappa shape index (κ2) is 9.55. The molecule has 2 aliphatic carbocycles. The van der Waals surface area contributed by atoms with Gasteiger partial charge in [-0.25, -0.2) is 0 Å². The van der Waals surface area contributed by atoms with Gasteiger partial charge < -0.3 is 15.8 Å². The molecule has 3 N–H and O–H groups in total. The Balaban J connectivity index is 1.25. The van der Waals surface area contributed by atoms with Crippen molar-refractivity contribution in [2.24, 2.45) is 23.5 Å². The van der Waals surface area contributed by atoms with Crippen molar-refractivity contribution >= 4 is 5.91 Å². The number of benzene rings is 2. The van der Waals surface area contributed by atoms with Crippen LogP contribution in [0.25, 0.3) is 0 Å². The summed E-state index contributed by atoms with van der Waals surface area (Å²) < 4.78 is 5.83. The Morgan fingerprint density at radius 3 is 2.34 bits per heavy atom. The summed E-state index contributed by atoms with van der Waals surface area (Å²) in [5.74, 6) is 1.38. The molecule has 4 nitrogen and oxygen atoms in total. The highest BCUT2D eigenvalue weighted by molar-refractivity contribution is 5.78. The molecule has 1 amide bonds. The summed E-state index contributed by atoms with van der Waals surface area (Å²) in [4.78, 5) is 12.7. The first-order valence-corrected chi connectivity index (χ1v) is 10.9. The zero-order valence-corrected chi connectivity index (χ0v) is 17.1. The molecule has 2 fully saturated rings. The molecule has 0 spiro atoms. The summed E-state index contributed by atoms with van der Waals surface area (Å²) in [5, 5.41) is 3.16. The van der Waals surface area contributed by atoms with E-state index in [1.165, 1.54) is 24.8 Å². The fourth-order valence-corrected chi connectivity index (χ4v) is 5.03. The van der Waals surface area contributed by atoms with Gasteiger partial charge in [0, 0.05) is 18.5 Å². The van der Waals surface area contributed by atoms with Gasteiger partial charge in [-0.05, 0) is 54.2 Å². The Kier molecular flexibility index (Phi) is 6.63. The van der Waals surface area contributed by atoms with Crippen molar-refractivity contribution in [3.05, 3.63) is 71.3 Å². The van der Waals surface area contributed by atoms with Crippen molar-refractivity contribution < 1.29 is 9.53 Å². The van der Waals surface area contributed by atoms with Crippen molar-refractivity contribution in [3.63, 3.8) is 0 Å². The fourth-order valence-electron chi connectivity index (χ4n) is 5.03. The molecule has 0 heterocycles. The highest BCUT2D eigenvalue weighted by Gasteiger charge is 2.40. The van der Waals surface area contributed by atoms with E-state index in [0.29, 0.717) is 37.6 Å². The first kappa shape index (κ1) is 20.1. The minimum Gasteiger partial charge on any atom is -0.372 e. The van der Waals surface area contributed by atoms with Gasteiger partial charge in [0.2, 0.25) is 5.91 Å². The van der Waals surface area contributed by atoms with E-state index in [-0.39, 0.29) is 11.8 Å². The van der Waals surface area contributed by atoms with E-state index in [1.807, 2.05) is 24.3 Å². The fraction of sp³-hybridized carbons (Fsp3) is 0.480. The molecular formula is C25H32N2O2. The van der Waals surface area contributed by atoms with Gasteiger partial charge in [0.1, 0.15) is 0 Å². The van der Waals surface area contributed by atoms with Gasteiger partial charge in [0.25, 0.3) is 0 Å². The Morgan fingerprint density at radius 1 is 0.931 bits per heavy atom. The molecular weight excluding hydrogens is 360 g/mol. The Hall–Kier alpha value is -2.17. The van der Waals surface area contributed by atoms with Crippen molar-refractivity contribution in [2.75, 3.05) is 0 Å². The van der Waals surface area contributed by atoms with Gasteiger partial charge in [-0.1, -0.05) is 61.0 Å². The third kappa shape index (κ3) is 5.26. The normalized spacial score (nSPS) is 26.1. The number of amides is 1.